The fraction of sp³-hybridized carbons (Fsp3) is 0.412. The second kappa shape index (κ2) is 6.05. The summed E-state index contributed by atoms with van der Waals surface area (Å²) >= 11 is 0. The molecule has 0 spiro atoms. The van der Waals surface area contributed by atoms with Crippen LogP contribution in [0.15, 0.2) is 40.6 Å². The maximum Gasteiger partial charge on any atom is 0.265 e. The normalized spacial score (nSPS) is 18.9. The number of likely N-dealkylation sites (N-methyl/N-ethyl adjacent to an activating group) is 1. The summed E-state index contributed by atoms with van der Waals surface area (Å²) in [6, 6.07) is 6.11. The molecule has 1 N–H and O–H groups in total. The molecule has 1 heterocycles. The maximum atomic E-state index is 12.8. The van der Waals surface area contributed by atoms with Gasteiger partial charge in [0.15, 0.2) is 0 Å². The largest absolute Gasteiger partial charge is 0.327 e. The molecule has 7 heteroatoms. The molecule has 6 nitrogen and oxygen atoms in total. The highest BCUT2D eigenvalue weighted by Gasteiger charge is 2.40. The topological polar surface area (TPSA) is 83.6 Å². The third-order valence-electron chi connectivity index (χ3n) is 3.79. The van der Waals surface area contributed by atoms with E-state index in [0.717, 1.165) is 4.31 Å². The molecule has 1 aromatic rings. The number of hydrogen-bond acceptors (Lipinski definition) is 4. The van der Waals surface area contributed by atoms with Crippen molar-refractivity contribution in [2.45, 2.75) is 39.5 Å². The number of allylic oxidation sites excluding steroid dienone is 2. The van der Waals surface area contributed by atoms with Crippen molar-refractivity contribution in [2.75, 3.05) is 6.54 Å². The standard InChI is InChI=1S/C17H22N2O4S/c1-6-19-14(11(2)18-16(21)17(3,4)5)15(20)12-9-7-8-10-13(12)24(19,22)23/h7-10H,6H2,1-5H3,(H,18,21). The molecule has 1 aromatic carbocycles. The number of nitrogens with one attached hydrogen (secondary N) is 1. The second-order valence-electron chi connectivity index (χ2n) is 6.67. The van der Waals surface area contributed by atoms with Crippen molar-refractivity contribution in [2.24, 2.45) is 5.41 Å². The highest BCUT2D eigenvalue weighted by molar-refractivity contribution is 7.89. The lowest BCUT2D eigenvalue weighted by Crippen LogP contribution is -2.42. The van der Waals surface area contributed by atoms with Gasteiger partial charge < -0.3 is 5.32 Å². The van der Waals surface area contributed by atoms with Crippen LogP contribution in [0.5, 0.6) is 0 Å². The molecule has 1 aliphatic rings. The minimum absolute atomic E-state index is 0.00412. The highest BCUT2D eigenvalue weighted by atomic mass is 32.2. The van der Waals surface area contributed by atoms with Crippen molar-refractivity contribution in [1.29, 1.82) is 0 Å². The molecule has 0 aliphatic carbocycles. The number of nitrogens with zero attached hydrogens (tertiary/aromatic N) is 1. The number of benzene rings is 1. The van der Waals surface area contributed by atoms with Crippen molar-refractivity contribution in [3.63, 3.8) is 0 Å². The molecule has 130 valence electrons. The van der Waals surface area contributed by atoms with Gasteiger partial charge in [-0.05, 0) is 26.0 Å². The SMILES string of the molecule is CCN1C(=C(C)NC(=O)C(C)(C)C)C(=O)c2ccccc2S1(=O)=O. The van der Waals surface area contributed by atoms with Gasteiger partial charge in [-0.25, -0.2) is 8.42 Å². The van der Waals surface area contributed by atoms with E-state index >= 15 is 0 Å². The molecular weight excluding hydrogens is 328 g/mol. The van der Waals surface area contributed by atoms with Gasteiger partial charge in [-0.3, -0.25) is 13.9 Å². The van der Waals surface area contributed by atoms with Gasteiger partial charge in [-0.1, -0.05) is 32.9 Å². The van der Waals surface area contributed by atoms with Gasteiger partial charge in [-0.15, -0.1) is 0 Å². The van der Waals surface area contributed by atoms with Crippen LogP contribution in [0.3, 0.4) is 0 Å². The third-order valence-corrected chi connectivity index (χ3v) is 5.72. The van der Waals surface area contributed by atoms with Gasteiger partial charge in [0.05, 0.1) is 4.90 Å². The van der Waals surface area contributed by atoms with E-state index in [9.17, 15) is 18.0 Å². The average molecular weight is 350 g/mol. The Labute approximate surface area is 142 Å². The van der Waals surface area contributed by atoms with E-state index in [1.807, 2.05) is 0 Å². The zero-order valence-electron chi connectivity index (χ0n) is 14.5. The van der Waals surface area contributed by atoms with Crippen LogP contribution in [-0.2, 0) is 14.8 Å². The van der Waals surface area contributed by atoms with E-state index in [1.165, 1.54) is 12.1 Å². The average Bonchev–Trinajstić information content (AvgIpc) is 2.49. The number of carbonyl (C=O) groups is 2. The van der Waals surface area contributed by atoms with Gasteiger partial charge in [0.2, 0.25) is 11.7 Å². The van der Waals surface area contributed by atoms with Gasteiger partial charge in [0.25, 0.3) is 10.0 Å². The first-order chi connectivity index (χ1) is 11.0. The molecule has 0 unspecified atom stereocenters. The molecule has 0 bridgehead atoms. The van der Waals surface area contributed by atoms with E-state index in [1.54, 1.807) is 46.8 Å². The van der Waals surface area contributed by atoms with Crippen molar-refractivity contribution < 1.29 is 18.0 Å². The highest BCUT2D eigenvalue weighted by Crippen LogP contribution is 2.33. The molecule has 0 fully saturated rings. The van der Waals surface area contributed by atoms with Crippen LogP contribution in [0.2, 0.25) is 0 Å². The number of fused-ring (bicyclic) bond motifs is 1. The Kier molecular flexibility index (Phi) is 4.59. The quantitative estimate of drug-likeness (QED) is 0.830. The van der Waals surface area contributed by atoms with Gasteiger partial charge >= 0.3 is 0 Å². The first-order valence-electron chi connectivity index (χ1n) is 7.70. The zero-order chi connectivity index (χ0) is 18.3. The molecular formula is C17H22N2O4S. The lowest BCUT2D eigenvalue weighted by molar-refractivity contribution is -0.127. The summed E-state index contributed by atoms with van der Waals surface area (Å²) in [4.78, 5) is 25.0. The maximum absolute atomic E-state index is 12.8. The number of rotatable bonds is 2. The van der Waals surface area contributed by atoms with Crippen LogP contribution in [0.25, 0.3) is 0 Å². The van der Waals surface area contributed by atoms with Crippen LogP contribution in [0.4, 0.5) is 0 Å². The first-order valence-corrected chi connectivity index (χ1v) is 9.14. The van der Waals surface area contributed by atoms with Crippen LogP contribution in [0, 0.1) is 5.41 Å². The molecule has 0 saturated heterocycles. The minimum atomic E-state index is -3.83. The molecule has 0 radical (unpaired) electrons. The number of ketones is 1. The number of carbonyl (C=O) groups excluding carboxylic acids is 2. The Hall–Kier alpha value is -2.15. The minimum Gasteiger partial charge on any atom is -0.327 e. The van der Waals surface area contributed by atoms with Gasteiger partial charge in [0.1, 0.15) is 5.70 Å². The molecule has 0 atom stereocenters. The van der Waals surface area contributed by atoms with Gasteiger partial charge in [0, 0.05) is 23.2 Å². The van der Waals surface area contributed by atoms with E-state index < -0.39 is 21.2 Å². The number of Topliss-reactive ketones (excluding diaryl/α,β-unsaturated/α-hetero) is 1. The Morgan fingerprint density at radius 3 is 2.33 bits per heavy atom. The zero-order valence-corrected chi connectivity index (χ0v) is 15.3. The summed E-state index contributed by atoms with van der Waals surface area (Å²) in [5, 5.41) is 2.67. The van der Waals surface area contributed by atoms with Crippen LogP contribution < -0.4 is 5.32 Å². The van der Waals surface area contributed by atoms with Crippen molar-refractivity contribution in [3.05, 3.63) is 41.2 Å². The molecule has 2 rings (SSSR count). The summed E-state index contributed by atoms with van der Waals surface area (Å²) in [5.41, 5.74) is -0.303. The van der Waals surface area contributed by atoms with Crippen LogP contribution >= 0.6 is 0 Å². The van der Waals surface area contributed by atoms with E-state index in [-0.39, 0.29) is 34.3 Å². The second-order valence-corrected chi connectivity index (χ2v) is 8.50. The van der Waals surface area contributed by atoms with E-state index in [2.05, 4.69) is 5.32 Å². The summed E-state index contributed by atoms with van der Waals surface area (Å²) in [6.45, 7) is 8.52. The molecule has 0 aromatic heterocycles. The van der Waals surface area contributed by atoms with E-state index in [4.69, 9.17) is 0 Å². The fourth-order valence-corrected chi connectivity index (χ4v) is 4.19. The number of amides is 1. The molecule has 1 amide bonds. The first kappa shape index (κ1) is 18.2. The third kappa shape index (κ3) is 2.96. The van der Waals surface area contributed by atoms with Crippen LogP contribution in [0.1, 0.15) is 45.0 Å². The van der Waals surface area contributed by atoms with Gasteiger partial charge in [-0.2, -0.15) is 0 Å². The molecule has 1 aliphatic heterocycles. The Bertz CT molecular complexity index is 832. The fourth-order valence-electron chi connectivity index (χ4n) is 2.46. The Morgan fingerprint density at radius 1 is 1.21 bits per heavy atom. The number of sulfonamides is 1. The van der Waals surface area contributed by atoms with Crippen molar-refractivity contribution in [3.8, 4) is 0 Å². The Balaban J connectivity index is 2.64. The molecule has 24 heavy (non-hydrogen) atoms. The molecule has 0 saturated carbocycles. The summed E-state index contributed by atoms with van der Waals surface area (Å²) in [7, 11) is -3.83. The van der Waals surface area contributed by atoms with Crippen LogP contribution in [-0.4, -0.2) is 31.0 Å². The van der Waals surface area contributed by atoms with Crippen molar-refractivity contribution >= 4 is 21.7 Å². The lowest BCUT2D eigenvalue weighted by Gasteiger charge is -2.32. The number of hydrogen-bond donors (Lipinski definition) is 1. The summed E-state index contributed by atoms with van der Waals surface area (Å²) in [5.74, 6) is -0.693. The van der Waals surface area contributed by atoms with E-state index in [0.29, 0.717) is 0 Å². The predicted molar refractivity (Wildman–Crippen MR) is 90.6 cm³/mol. The summed E-state index contributed by atoms with van der Waals surface area (Å²) < 4.78 is 26.7. The van der Waals surface area contributed by atoms with Crippen molar-refractivity contribution in [1.82, 2.24) is 9.62 Å². The smallest absolute Gasteiger partial charge is 0.265 e. The monoisotopic (exact) mass is 350 g/mol. The Morgan fingerprint density at radius 2 is 1.79 bits per heavy atom. The predicted octanol–water partition coefficient (Wildman–Crippen LogP) is 2.29. The summed E-state index contributed by atoms with van der Waals surface area (Å²) in [6.07, 6.45) is 0. The lowest BCUT2D eigenvalue weighted by atomic mass is 9.95.